The number of benzene rings is 1. The highest BCUT2D eigenvalue weighted by atomic mass is 16.1. The molecule has 0 aliphatic heterocycles. The summed E-state index contributed by atoms with van der Waals surface area (Å²) < 4.78 is 2.25. The lowest BCUT2D eigenvalue weighted by Crippen LogP contribution is -2.10. The average molecular weight is 216 g/mol. The van der Waals surface area contributed by atoms with Gasteiger partial charge in [0.05, 0.1) is 0 Å². The van der Waals surface area contributed by atoms with E-state index in [1.807, 2.05) is 12.1 Å². The van der Waals surface area contributed by atoms with Crippen LogP contribution >= 0.6 is 0 Å². The van der Waals surface area contributed by atoms with Gasteiger partial charge < -0.3 is 10.3 Å². The molecule has 0 bridgehead atoms. The zero-order valence-electron chi connectivity index (χ0n) is 9.82. The van der Waals surface area contributed by atoms with Crippen LogP contribution in [-0.4, -0.2) is 10.5 Å². The molecule has 0 unspecified atom stereocenters. The Morgan fingerprint density at radius 1 is 1.31 bits per heavy atom. The summed E-state index contributed by atoms with van der Waals surface area (Å²) >= 11 is 0. The van der Waals surface area contributed by atoms with E-state index in [1.165, 1.54) is 5.69 Å². The average Bonchev–Trinajstić information content (AvgIpc) is 2.51. The monoisotopic (exact) mass is 216 g/mol. The van der Waals surface area contributed by atoms with E-state index in [4.69, 9.17) is 5.73 Å². The Kier molecular flexibility index (Phi) is 2.46. The Morgan fingerprint density at radius 3 is 2.56 bits per heavy atom. The molecule has 0 aliphatic rings. The molecule has 0 radical (unpaired) electrons. The van der Waals surface area contributed by atoms with Crippen LogP contribution in [0.3, 0.4) is 0 Å². The van der Waals surface area contributed by atoms with Crippen LogP contribution in [0.25, 0.3) is 10.9 Å². The number of aryl methyl sites for hydroxylation is 1. The highest BCUT2D eigenvalue weighted by molar-refractivity contribution is 5.97. The molecule has 0 aliphatic carbocycles. The summed E-state index contributed by atoms with van der Waals surface area (Å²) in [6.07, 6.45) is 0. The van der Waals surface area contributed by atoms with E-state index in [-0.39, 0.29) is 5.91 Å². The SMILES string of the molecule is Cc1cc2cc(C(N)=O)ccc2n1C(C)C. The van der Waals surface area contributed by atoms with Crippen LogP contribution in [0.5, 0.6) is 0 Å². The summed E-state index contributed by atoms with van der Waals surface area (Å²) in [4.78, 5) is 11.1. The van der Waals surface area contributed by atoms with Gasteiger partial charge in [0.15, 0.2) is 0 Å². The first-order valence-electron chi connectivity index (χ1n) is 5.42. The molecule has 2 aromatic rings. The van der Waals surface area contributed by atoms with Crippen molar-refractivity contribution in [2.24, 2.45) is 5.73 Å². The van der Waals surface area contributed by atoms with Crippen molar-refractivity contribution < 1.29 is 4.79 Å². The Labute approximate surface area is 94.9 Å². The zero-order valence-corrected chi connectivity index (χ0v) is 9.82. The lowest BCUT2D eigenvalue weighted by molar-refractivity contribution is 0.100. The van der Waals surface area contributed by atoms with Crippen molar-refractivity contribution in [1.29, 1.82) is 0 Å². The molecule has 84 valence electrons. The molecular formula is C13H16N2O. The van der Waals surface area contributed by atoms with Crippen molar-refractivity contribution in [3.05, 3.63) is 35.5 Å². The number of hydrogen-bond acceptors (Lipinski definition) is 1. The van der Waals surface area contributed by atoms with Crippen molar-refractivity contribution in [2.45, 2.75) is 26.8 Å². The highest BCUT2D eigenvalue weighted by Crippen LogP contribution is 2.24. The first-order chi connectivity index (χ1) is 7.50. The molecule has 1 amide bonds. The molecule has 3 heteroatoms. The maximum absolute atomic E-state index is 11.1. The van der Waals surface area contributed by atoms with Crippen LogP contribution in [0, 0.1) is 6.92 Å². The lowest BCUT2D eigenvalue weighted by Gasteiger charge is -2.12. The maximum atomic E-state index is 11.1. The predicted molar refractivity (Wildman–Crippen MR) is 65.6 cm³/mol. The molecule has 2 N–H and O–H groups in total. The second kappa shape index (κ2) is 3.67. The van der Waals surface area contributed by atoms with E-state index in [0.29, 0.717) is 11.6 Å². The highest BCUT2D eigenvalue weighted by Gasteiger charge is 2.10. The third-order valence-corrected chi connectivity index (χ3v) is 2.83. The minimum absolute atomic E-state index is 0.378. The third-order valence-electron chi connectivity index (χ3n) is 2.83. The van der Waals surface area contributed by atoms with E-state index < -0.39 is 0 Å². The topological polar surface area (TPSA) is 48.0 Å². The molecule has 0 saturated carbocycles. The Balaban J connectivity index is 2.70. The van der Waals surface area contributed by atoms with Gasteiger partial charge in [-0.15, -0.1) is 0 Å². The van der Waals surface area contributed by atoms with Crippen molar-refractivity contribution >= 4 is 16.8 Å². The number of rotatable bonds is 2. The van der Waals surface area contributed by atoms with Crippen LogP contribution in [0.4, 0.5) is 0 Å². The fraction of sp³-hybridized carbons (Fsp3) is 0.308. The number of amides is 1. The molecule has 0 saturated heterocycles. The number of carbonyl (C=O) groups is 1. The number of nitrogens with zero attached hydrogens (tertiary/aromatic N) is 1. The van der Waals surface area contributed by atoms with Crippen LogP contribution in [0.2, 0.25) is 0 Å². The van der Waals surface area contributed by atoms with Crippen molar-refractivity contribution in [3.63, 3.8) is 0 Å². The summed E-state index contributed by atoms with van der Waals surface area (Å²) in [6.45, 7) is 6.37. The number of nitrogens with two attached hydrogens (primary N) is 1. The van der Waals surface area contributed by atoms with Crippen molar-refractivity contribution in [2.75, 3.05) is 0 Å². The summed E-state index contributed by atoms with van der Waals surface area (Å²) in [5.41, 5.74) is 8.18. The minimum atomic E-state index is -0.378. The maximum Gasteiger partial charge on any atom is 0.248 e. The quantitative estimate of drug-likeness (QED) is 0.824. The molecule has 1 aromatic carbocycles. The Bertz CT molecular complexity index is 552. The zero-order chi connectivity index (χ0) is 11.9. The van der Waals surface area contributed by atoms with Gasteiger partial charge in [-0.05, 0) is 45.0 Å². The fourth-order valence-electron chi connectivity index (χ4n) is 2.21. The summed E-state index contributed by atoms with van der Waals surface area (Å²) in [7, 11) is 0. The first-order valence-corrected chi connectivity index (χ1v) is 5.42. The molecule has 16 heavy (non-hydrogen) atoms. The number of primary amides is 1. The second-order valence-corrected chi connectivity index (χ2v) is 4.39. The molecule has 0 atom stereocenters. The van der Waals surface area contributed by atoms with Crippen molar-refractivity contribution in [3.8, 4) is 0 Å². The first kappa shape index (κ1) is 10.7. The molecule has 0 spiro atoms. The Hall–Kier alpha value is -1.77. The Morgan fingerprint density at radius 2 is 2.00 bits per heavy atom. The summed E-state index contributed by atoms with van der Waals surface area (Å²) in [5.74, 6) is -0.378. The lowest BCUT2D eigenvalue weighted by atomic mass is 10.1. The van der Waals surface area contributed by atoms with Crippen LogP contribution in [0.1, 0.15) is 35.9 Å². The van der Waals surface area contributed by atoms with E-state index in [2.05, 4.69) is 31.4 Å². The molecule has 1 aromatic heterocycles. The van der Waals surface area contributed by atoms with Gasteiger partial charge in [0.25, 0.3) is 0 Å². The predicted octanol–water partition coefficient (Wildman–Crippen LogP) is 2.63. The standard InChI is InChI=1S/C13H16N2O/c1-8(2)15-9(3)6-11-7-10(13(14)16)4-5-12(11)15/h4-8H,1-3H3,(H2,14,16). The van der Waals surface area contributed by atoms with Crippen LogP contribution in [0.15, 0.2) is 24.3 Å². The summed E-state index contributed by atoms with van der Waals surface area (Å²) in [5, 5.41) is 1.07. The van der Waals surface area contributed by atoms with Crippen LogP contribution in [-0.2, 0) is 0 Å². The van der Waals surface area contributed by atoms with Gasteiger partial charge in [-0.25, -0.2) is 0 Å². The molecule has 0 fully saturated rings. The fourth-order valence-corrected chi connectivity index (χ4v) is 2.21. The number of carbonyl (C=O) groups excluding carboxylic acids is 1. The number of hydrogen-bond donors (Lipinski definition) is 1. The van der Waals surface area contributed by atoms with E-state index in [0.717, 1.165) is 10.9 Å². The van der Waals surface area contributed by atoms with Crippen molar-refractivity contribution in [1.82, 2.24) is 4.57 Å². The van der Waals surface area contributed by atoms with Crippen LogP contribution < -0.4 is 5.73 Å². The smallest absolute Gasteiger partial charge is 0.248 e. The van der Waals surface area contributed by atoms with Gasteiger partial charge >= 0.3 is 0 Å². The van der Waals surface area contributed by atoms with E-state index >= 15 is 0 Å². The molecule has 2 rings (SSSR count). The van der Waals surface area contributed by atoms with Gasteiger partial charge in [-0.3, -0.25) is 4.79 Å². The normalized spacial score (nSPS) is 11.2. The van der Waals surface area contributed by atoms with Gasteiger partial charge in [-0.2, -0.15) is 0 Å². The largest absolute Gasteiger partial charge is 0.366 e. The third kappa shape index (κ3) is 1.58. The van der Waals surface area contributed by atoms with Gasteiger partial charge in [0, 0.05) is 28.2 Å². The van der Waals surface area contributed by atoms with Gasteiger partial charge in [0.1, 0.15) is 0 Å². The number of fused-ring (bicyclic) bond motifs is 1. The van der Waals surface area contributed by atoms with E-state index in [9.17, 15) is 4.79 Å². The molecule has 3 nitrogen and oxygen atoms in total. The summed E-state index contributed by atoms with van der Waals surface area (Å²) in [6, 6.07) is 8.09. The minimum Gasteiger partial charge on any atom is -0.366 e. The number of aromatic nitrogens is 1. The second-order valence-electron chi connectivity index (χ2n) is 4.39. The molecular weight excluding hydrogens is 200 g/mol. The van der Waals surface area contributed by atoms with Gasteiger partial charge in [-0.1, -0.05) is 0 Å². The van der Waals surface area contributed by atoms with Gasteiger partial charge in [0.2, 0.25) is 5.91 Å². The molecule has 1 heterocycles. The van der Waals surface area contributed by atoms with E-state index in [1.54, 1.807) is 6.07 Å².